The fourth-order valence-electron chi connectivity index (χ4n) is 4.77. The highest BCUT2D eigenvalue weighted by atomic mass is 16.1. The van der Waals surface area contributed by atoms with E-state index in [0.717, 1.165) is 49.0 Å². The van der Waals surface area contributed by atoms with Gasteiger partial charge in [-0.15, -0.1) is 10.2 Å². The van der Waals surface area contributed by atoms with Crippen LogP contribution in [0, 0.1) is 5.92 Å². The third kappa shape index (κ3) is 5.07. The largest absolute Gasteiger partial charge is 0.352 e. The Labute approximate surface area is 195 Å². The van der Waals surface area contributed by atoms with Crippen LogP contribution >= 0.6 is 0 Å². The molecule has 0 unspecified atom stereocenters. The molecule has 33 heavy (non-hydrogen) atoms. The summed E-state index contributed by atoms with van der Waals surface area (Å²) in [5.74, 6) is 1.71. The monoisotopic (exact) mass is 447 g/mol. The second-order valence-electron chi connectivity index (χ2n) is 9.62. The molecule has 2 fully saturated rings. The minimum Gasteiger partial charge on any atom is -0.352 e. The average Bonchev–Trinajstić information content (AvgIpc) is 3.54. The van der Waals surface area contributed by atoms with Crippen LogP contribution in [0.1, 0.15) is 54.5 Å². The van der Waals surface area contributed by atoms with Crippen LogP contribution in [0.25, 0.3) is 5.65 Å². The van der Waals surface area contributed by atoms with Gasteiger partial charge >= 0.3 is 0 Å². The Bertz CT molecular complexity index is 1090. The molecule has 0 bridgehead atoms. The summed E-state index contributed by atoms with van der Waals surface area (Å²) in [6.45, 7) is 9.34. The summed E-state index contributed by atoms with van der Waals surface area (Å²) in [5, 5.41) is 12.0. The lowest BCUT2D eigenvalue weighted by molar-refractivity contribution is 0.0437. The van der Waals surface area contributed by atoms with Gasteiger partial charge in [-0.2, -0.15) is 0 Å². The van der Waals surface area contributed by atoms with Crippen molar-refractivity contribution in [3.05, 3.63) is 59.8 Å². The third-order valence-corrected chi connectivity index (χ3v) is 6.82. The maximum atomic E-state index is 12.8. The van der Waals surface area contributed by atoms with Crippen molar-refractivity contribution in [2.75, 3.05) is 32.7 Å². The standard InChI is InChI=1S/C25H33N7O/c1-18(2)31-14-13-30(15-20-3-4-20)17-22(31)24-29-28-23-6-5-21(16-32(23)24)25(33)27-12-9-19-7-10-26-11-8-19/h5-8,10-11,16,18,20,22H,3-4,9,12-15,17H2,1-2H3,(H,27,33)/t22-/m1/s1. The Morgan fingerprint density at radius 3 is 2.70 bits per heavy atom. The van der Waals surface area contributed by atoms with Crippen LogP contribution in [-0.2, 0) is 6.42 Å². The van der Waals surface area contributed by atoms with Crippen molar-refractivity contribution in [3.63, 3.8) is 0 Å². The number of hydrogen-bond acceptors (Lipinski definition) is 6. The highest BCUT2D eigenvalue weighted by molar-refractivity contribution is 5.94. The molecule has 1 atom stereocenters. The van der Waals surface area contributed by atoms with Crippen LogP contribution in [0.4, 0.5) is 0 Å². The Balaban J connectivity index is 1.33. The maximum Gasteiger partial charge on any atom is 0.252 e. The number of carbonyl (C=O) groups is 1. The number of hydrogen-bond donors (Lipinski definition) is 1. The molecule has 0 spiro atoms. The minimum absolute atomic E-state index is 0.0784. The molecule has 0 radical (unpaired) electrons. The van der Waals surface area contributed by atoms with Gasteiger partial charge in [0.15, 0.2) is 11.5 Å². The van der Waals surface area contributed by atoms with Crippen LogP contribution in [0.15, 0.2) is 42.9 Å². The Morgan fingerprint density at radius 1 is 1.12 bits per heavy atom. The van der Waals surface area contributed by atoms with Gasteiger partial charge in [-0.25, -0.2) is 0 Å². The van der Waals surface area contributed by atoms with Crippen LogP contribution in [-0.4, -0.2) is 74.1 Å². The number of rotatable bonds is 8. The van der Waals surface area contributed by atoms with Gasteiger partial charge in [0.1, 0.15) is 0 Å². The number of carbonyl (C=O) groups excluding carboxylic acids is 1. The lowest BCUT2D eigenvalue weighted by Crippen LogP contribution is -2.51. The SMILES string of the molecule is CC(C)N1CCN(CC2CC2)C[C@@H]1c1nnc2ccc(C(=O)NCCc3ccncc3)cn12. The van der Waals surface area contributed by atoms with Crippen LogP contribution < -0.4 is 5.32 Å². The number of piperazine rings is 1. The van der Waals surface area contributed by atoms with Gasteiger partial charge in [0.25, 0.3) is 5.91 Å². The van der Waals surface area contributed by atoms with Crippen molar-refractivity contribution >= 4 is 11.6 Å². The summed E-state index contributed by atoms with van der Waals surface area (Å²) >= 11 is 0. The fourth-order valence-corrected chi connectivity index (χ4v) is 4.77. The van der Waals surface area contributed by atoms with E-state index < -0.39 is 0 Å². The van der Waals surface area contributed by atoms with Crippen molar-refractivity contribution in [3.8, 4) is 0 Å². The third-order valence-electron chi connectivity index (χ3n) is 6.82. The van der Waals surface area contributed by atoms with Gasteiger partial charge in [-0.3, -0.25) is 24.0 Å². The van der Waals surface area contributed by atoms with Crippen LogP contribution in [0.3, 0.4) is 0 Å². The molecular formula is C25H33N7O. The highest BCUT2D eigenvalue weighted by Gasteiger charge is 2.35. The molecule has 174 valence electrons. The molecule has 1 aliphatic carbocycles. The zero-order chi connectivity index (χ0) is 22.8. The topological polar surface area (TPSA) is 78.7 Å². The summed E-state index contributed by atoms with van der Waals surface area (Å²) in [6, 6.07) is 8.24. The van der Waals surface area contributed by atoms with Crippen molar-refractivity contribution in [1.29, 1.82) is 0 Å². The van der Waals surface area contributed by atoms with E-state index in [1.807, 2.05) is 34.9 Å². The lowest BCUT2D eigenvalue weighted by atomic mass is 10.1. The summed E-state index contributed by atoms with van der Waals surface area (Å²) in [4.78, 5) is 22.0. The van der Waals surface area contributed by atoms with E-state index in [0.29, 0.717) is 18.2 Å². The molecule has 8 heteroatoms. The first-order valence-electron chi connectivity index (χ1n) is 12.1. The van der Waals surface area contributed by atoms with E-state index in [1.54, 1.807) is 12.4 Å². The first kappa shape index (κ1) is 22.0. The number of nitrogens with one attached hydrogen (secondary N) is 1. The molecule has 0 aromatic carbocycles. The molecule has 2 aliphatic rings. The summed E-state index contributed by atoms with van der Waals surface area (Å²) in [7, 11) is 0. The molecule has 8 nitrogen and oxygen atoms in total. The van der Waals surface area contributed by atoms with Crippen molar-refractivity contribution in [2.24, 2.45) is 5.92 Å². The van der Waals surface area contributed by atoms with Gasteiger partial charge in [0.05, 0.1) is 11.6 Å². The van der Waals surface area contributed by atoms with Crippen LogP contribution in [0.2, 0.25) is 0 Å². The van der Waals surface area contributed by atoms with Gasteiger partial charge < -0.3 is 5.32 Å². The van der Waals surface area contributed by atoms with Gasteiger partial charge in [0.2, 0.25) is 0 Å². The first-order valence-corrected chi connectivity index (χ1v) is 12.1. The quantitative estimate of drug-likeness (QED) is 0.572. The molecular weight excluding hydrogens is 414 g/mol. The highest BCUT2D eigenvalue weighted by Crippen LogP contribution is 2.33. The molecule has 1 saturated carbocycles. The Morgan fingerprint density at radius 2 is 1.94 bits per heavy atom. The van der Waals surface area contributed by atoms with E-state index in [2.05, 4.69) is 44.1 Å². The van der Waals surface area contributed by atoms with E-state index in [-0.39, 0.29) is 11.9 Å². The van der Waals surface area contributed by atoms with E-state index >= 15 is 0 Å². The summed E-state index contributed by atoms with van der Waals surface area (Å²) in [6.07, 6.45) is 8.94. The molecule has 5 rings (SSSR count). The lowest BCUT2D eigenvalue weighted by Gasteiger charge is -2.42. The first-order chi connectivity index (χ1) is 16.1. The molecule has 3 aromatic heterocycles. The number of nitrogens with zero attached hydrogens (tertiary/aromatic N) is 6. The predicted octanol–water partition coefficient (Wildman–Crippen LogP) is 2.57. The molecule has 1 amide bonds. The zero-order valence-corrected chi connectivity index (χ0v) is 19.5. The smallest absolute Gasteiger partial charge is 0.252 e. The average molecular weight is 448 g/mol. The van der Waals surface area contributed by atoms with Gasteiger partial charge in [-0.1, -0.05) is 0 Å². The molecule has 3 aromatic rings. The number of pyridine rings is 2. The van der Waals surface area contributed by atoms with E-state index in [1.165, 1.54) is 19.4 Å². The number of amides is 1. The minimum atomic E-state index is -0.0784. The Kier molecular flexibility index (Phi) is 6.37. The second kappa shape index (κ2) is 9.57. The normalized spacial score (nSPS) is 19.9. The van der Waals surface area contributed by atoms with Crippen molar-refractivity contribution in [2.45, 2.75) is 45.2 Å². The second-order valence-corrected chi connectivity index (χ2v) is 9.62. The van der Waals surface area contributed by atoms with E-state index in [9.17, 15) is 4.79 Å². The zero-order valence-electron chi connectivity index (χ0n) is 19.5. The van der Waals surface area contributed by atoms with E-state index in [4.69, 9.17) is 0 Å². The number of aromatic nitrogens is 4. The van der Waals surface area contributed by atoms with Crippen molar-refractivity contribution < 1.29 is 4.79 Å². The van der Waals surface area contributed by atoms with Gasteiger partial charge in [-0.05, 0) is 68.9 Å². The summed E-state index contributed by atoms with van der Waals surface area (Å²) < 4.78 is 2.01. The predicted molar refractivity (Wildman–Crippen MR) is 127 cm³/mol. The summed E-state index contributed by atoms with van der Waals surface area (Å²) in [5.41, 5.74) is 2.56. The van der Waals surface area contributed by atoms with Crippen LogP contribution in [0.5, 0.6) is 0 Å². The molecule has 1 aliphatic heterocycles. The molecule has 1 saturated heterocycles. The van der Waals surface area contributed by atoms with Gasteiger partial charge in [0, 0.05) is 57.4 Å². The molecule has 4 heterocycles. The Hall–Kier alpha value is -2.84. The number of fused-ring (bicyclic) bond motifs is 1. The maximum absolute atomic E-state index is 12.8. The van der Waals surface area contributed by atoms with Crippen molar-refractivity contribution in [1.82, 2.24) is 34.7 Å². The fraction of sp³-hybridized carbons (Fsp3) is 0.520. The molecule has 1 N–H and O–H groups in total.